The maximum Gasteiger partial charge on any atom is 0.250 e. The largest absolute Gasteiger partial charge is 0.250 e. The fraction of sp³-hybridized carbons (Fsp3) is 0.333. The van der Waals surface area contributed by atoms with Gasteiger partial charge in [0.05, 0.1) is 5.54 Å². The molecule has 1 heterocycles. The minimum absolute atomic E-state index is 0.389. The summed E-state index contributed by atoms with van der Waals surface area (Å²) in [4.78, 5) is 0. The minimum atomic E-state index is -3.44. The second-order valence-electron chi connectivity index (χ2n) is 5.19. The number of sulfonamides is 1. The zero-order chi connectivity index (χ0) is 14.1. The van der Waals surface area contributed by atoms with E-state index in [1.807, 2.05) is 30.3 Å². The van der Waals surface area contributed by atoms with Crippen LogP contribution in [0.25, 0.3) is 0 Å². The standard InChI is InChI=1S/C15H17NO2S2/c17-20(18,14-9-6-12-19-14)16-15(10-4-5-11-15)13-7-2-1-3-8-13/h1-3,6-9,12,16H,4-5,10-11H2. The summed E-state index contributed by atoms with van der Waals surface area (Å²) in [5, 5.41) is 1.79. The van der Waals surface area contributed by atoms with E-state index >= 15 is 0 Å². The molecule has 0 aliphatic heterocycles. The van der Waals surface area contributed by atoms with Crippen LogP contribution in [0.4, 0.5) is 0 Å². The number of hydrogen-bond donors (Lipinski definition) is 1. The molecule has 1 fully saturated rings. The summed E-state index contributed by atoms with van der Waals surface area (Å²) in [6.45, 7) is 0. The molecule has 106 valence electrons. The van der Waals surface area contributed by atoms with Gasteiger partial charge in [0.1, 0.15) is 4.21 Å². The van der Waals surface area contributed by atoms with Crippen LogP contribution in [-0.4, -0.2) is 8.42 Å². The maximum absolute atomic E-state index is 12.5. The first-order chi connectivity index (χ1) is 9.62. The average molecular weight is 307 g/mol. The Morgan fingerprint density at radius 3 is 2.30 bits per heavy atom. The molecule has 0 spiro atoms. The zero-order valence-corrected chi connectivity index (χ0v) is 12.7. The van der Waals surface area contributed by atoms with Crippen molar-refractivity contribution in [1.29, 1.82) is 0 Å². The Morgan fingerprint density at radius 1 is 1.00 bits per heavy atom. The summed E-state index contributed by atoms with van der Waals surface area (Å²) >= 11 is 1.26. The Bertz CT molecular complexity index is 657. The molecule has 20 heavy (non-hydrogen) atoms. The van der Waals surface area contributed by atoms with Gasteiger partial charge in [0.25, 0.3) is 10.0 Å². The first-order valence-electron chi connectivity index (χ1n) is 6.75. The van der Waals surface area contributed by atoms with Gasteiger partial charge in [-0.3, -0.25) is 0 Å². The fourth-order valence-electron chi connectivity index (χ4n) is 2.91. The van der Waals surface area contributed by atoms with Gasteiger partial charge >= 0.3 is 0 Å². The zero-order valence-electron chi connectivity index (χ0n) is 11.1. The molecule has 0 bridgehead atoms. The van der Waals surface area contributed by atoms with Crippen LogP contribution in [-0.2, 0) is 15.6 Å². The molecule has 3 rings (SSSR count). The van der Waals surface area contributed by atoms with E-state index in [-0.39, 0.29) is 0 Å². The van der Waals surface area contributed by atoms with Crippen molar-refractivity contribution in [3.63, 3.8) is 0 Å². The predicted molar refractivity (Wildman–Crippen MR) is 81.2 cm³/mol. The SMILES string of the molecule is O=S(=O)(NC1(c2ccccc2)CCCC1)c1cccs1. The smallest absolute Gasteiger partial charge is 0.206 e. The van der Waals surface area contributed by atoms with Gasteiger partial charge < -0.3 is 0 Å². The first-order valence-corrected chi connectivity index (χ1v) is 9.12. The molecule has 1 aliphatic carbocycles. The van der Waals surface area contributed by atoms with Crippen molar-refractivity contribution in [3.8, 4) is 0 Å². The van der Waals surface area contributed by atoms with Gasteiger partial charge in [-0.1, -0.05) is 49.2 Å². The predicted octanol–water partition coefficient (Wildman–Crippen LogP) is 3.50. The monoisotopic (exact) mass is 307 g/mol. The second-order valence-corrected chi connectivity index (χ2v) is 8.05. The molecule has 2 aromatic rings. The number of nitrogens with one attached hydrogen (secondary N) is 1. The lowest BCUT2D eigenvalue weighted by atomic mass is 9.89. The highest BCUT2D eigenvalue weighted by atomic mass is 32.2. The Labute approximate surface area is 123 Å². The van der Waals surface area contributed by atoms with Gasteiger partial charge in [-0.2, -0.15) is 4.72 Å². The molecular formula is C15H17NO2S2. The van der Waals surface area contributed by atoms with Crippen molar-refractivity contribution in [2.45, 2.75) is 35.4 Å². The average Bonchev–Trinajstić information content (AvgIpc) is 3.11. The number of benzene rings is 1. The van der Waals surface area contributed by atoms with Crippen LogP contribution < -0.4 is 4.72 Å². The van der Waals surface area contributed by atoms with E-state index in [1.165, 1.54) is 11.3 Å². The van der Waals surface area contributed by atoms with Gasteiger partial charge in [-0.15, -0.1) is 11.3 Å². The lowest BCUT2D eigenvalue weighted by Gasteiger charge is -2.30. The molecular weight excluding hydrogens is 290 g/mol. The Kier molecular flexibility index (Phi) is 3.67. The van der Waals surface area contributed by atoms with E-state index < -0.39 is 15.6 Å². The third kappa shape index (κ3) is 2.53. The highest BCUT2D eigenvalue weighted by molar-refractivity contribution is 7.91. The molecule has 1 aromatic carbocycles. The van der Waals surface area contributed by atoms with Gasteiger partial charge in [0, 0.05) is 0 Å². The van der Waals surface area contributed by atoms with Crippen LogP contribution in [0, 0.1) is 0 Å². The quantitative estimate of drug-likeness (QED) is 0.939. The normalized spacial score (nSPS) is 18.2. The van der Waals surface area contributed by atoms with Crippen LogP contribution in [0.15, 0.2) is 52.1 Å². The Hall–Kier alpha value is -1.17. The van der Waals surface area contributed by atoms with Crippen LogP contribution in [0.2, 0.25) is 0 Å². The van der Waals surface area contributed by atoms with Crippen LogP contribution in [0.5, 0.6) is 0 Å². The van der Waals surface area contributed by atoms with E-state index in [0.717, 1.165) is 31.2 Å². The van der Waals surface area contributed by atoms with Gasteiger partial charge in [0.15, 0.2) is 0 Å². The van der Waals surface area contributed by atoms with E-state index in [4.69, 9.17) is 0 Å². The van der Waals surface area contributed by atoms with Crippen molar-refractivity contribution in [2.24, 2.45) is 0 Å². The summed E-state index contributed by atoms with van der Waals surface area (Å²) in [6.07, 6.45) is 3.84. The van der Waals surface area contributed by atoms with Crippen LogP contribution in [0.1, 0.15) is 31.2 Å². The van der Waals surface area contributed by atoms with E-state index in [1.54, 1.807) is 17.5 Å². The molecule has 1 aromatic heterocycles. The Balaban J connectivity index is 1.97. The summed E-state index contributed by atoms with van der Waals surface area (Å²) in [6, 6.07) is 13.3. The van der Waals surface area contributed by atoms with Crippen molar-refractivity contribution >= 4 is 21.4 Å². The highest BCUT2D eigenvalue weighted by Crippen LogP contribution is 2.40. The van der Waals surface area contributed by atoms with Crippen molar-refractivity contribution in [3.05, 3.63) is 53.4 Å². The summed E-state index contributed by atoms with van der Waals surface area (Å²) in [5.41, 5.74) is 0.627. The van der Waals surface area contributed by atoms with Crippen LogP contribution in [0.3, 0.4) is 0 Å². The summed E-state index contributed by atoms with van der Waals surface area (Å²) in [5.74, 6) is 0. The molecule has 1 aliphatic rings. The third-order valence-electron chi connectivity index (χ3n) is 3.87. The molecule has 0 amide bonds. The van der Waals surface area contributed by atoms with Crippen LogP contribution >= 0.6 is 11.3 Å². The molecule has 0 unspecified atom stereocenters. The number of rotatable bonds is 4. The van der Waals surface area contributed by atoms with Crippen molar-refractivity contribution in [1.82, 2.24) is 4.72 Å². The first kappa shape index (κ1) is 13.8. The summed E-state index contributed by atoms with van der Waals surface area (Å²) in [7, 11) is -3.44. The lowest BCUT2D eigenvalue weighted by Crippen LogP contribution is -2.43. The van der Waals surface area contributed by atoms with E-state index in [9.17, 15) is 8.42 Å². The molecule has 0 radical (unpaired) electrons. The molecule has 5 heteroatoms. The Morgan fingerprint density at radius 2 is 1.70 bits per heavy atom. The van der Waals surface area contributed by atoms with Gasteiger partial charge in [-0.05, 0) is 29.9 Å². The maximum atomic E-state index is 12.5. The van der Waals surface area contributed by atoms with Crippen molar-refractivity contribution in [2.75, 3.05) is 0 Å². The molecule has 0 saturated heterocycles. The van der Waals surface area contributed by atoms with E-state index in [0.29, 0.717) is 4.21 Å². The topological polar surface area (TPSA) is 46.2 Å². The van der Waals surface area contributed by atoms with Crippen molar-refractivity contribution < 1.29 is 8.42 Å². The number of hydrogen-bond acceptors (Lipinski definition) is 3. The van der Waals surface area contributed by atoms with Gasteiger partial charge in [-0.25, -0.2) is 8.42 Å². The number of thiophene rings is 1. The molecule has 1 N–H and O–H groups in total. The van der Waals surface area contributed by atoms with Gasteiger partial charge in [0.2, 0.25) is 0 Å². The molecule has 1 saturated carbocycles. The third-order valence-corrected chi connectivity index (χ3v) is 6.81. The minimum Gasteiger partial charge on any atom is -0.206 e. The lowest BCUT2D eigenvalue weighted by molar-refractivity contribution is 0.405. The second kappa shape index (κ2) is 5.31. The fourth-order valence-corrected chi connectivity index (χ4v) is 5.35. The highest BCUT2D eigenvalue weighted by Gasteiger charge is 2.39. The molecule has 3 nitrogen and oxygen atoms in total. The molecule has 0 atom stereocenters. The van der Waals surface area contributed by atoms with E-state index in [2.05, 4.69) is 4.72 Å². The summed E-state index contributed by atoms with van der Waals surface area (Å²) < 4.78 is 28.4.